The van der Waals surface area contributed by atoms with Crippen LogP contribution in [0.5, 0.6) is 0 Å². The lowest BCUT2D eigenvalue weighted by atomic mass is 10.1. The van der Waals surface area contributed by atoms with Crippen molar-refractivity contribution in [3.8, 4) is 0 Å². The smallest absolute Gasteiger partial charge is 0.225 e. The third kappa shape index (κ3) is 3.65. The molecule has 0 aliphatic carbocycles. The van der Waals surface area contributed by atoms with Crippen LogP contribution in [0.1, 0.15) is 23.3 Å². The number of ether oxygens (including phenoxy) is 1. The normalized spacial score (nSPS) is 17.6. The second-order valence-electron chi connectivity index (χ2n) is 5.81. The van der Waals surface area contributed by atoms with Crippen LogP contribution in [0.3, 0.4) is 0 Å². The second-order valence-corrected chi connectivity index (χ2v) is 6.21. The SMILES string of the molecule is Clc1ccccc1Cc1cnc([C@@H]2CN(c3ccncn3)CCO2)o1. The molecule has 0 bridgehead atoms. The number of anilines is 1. The van der Waals surface area contributed by atoms with Gasteiger partial charge in [0.15, 0.2) is 6.10 Å². The van der Waals surface area contributed by atoms with E-state index in [1.807, 2.05) is 30.3 Å². The Balaban J connectivity index is 1.47. The quantitative estimate of drug-likeness (QED) is 0.714. The third-order valence-corrected chi connectivity index (χ3v) is 4.49. The molecule has 4 rings (SSSR count). The lowest BCUT2D eigenvalue weighted by molar-refractivity contribution is 0.0214. The van der Waals surface area contributed by atoms with Crippen molar-refractivity contribution in [2.45, 2.75) is 12.5 Å². The zero-order valence-corrected chi connectivity index (χ0v) is 14.3. The van der Waals surface area contributed by atoms with Gasteiger partial charge in [0.1, 0.15) is 17.9 Å². The molecule has 1 atom stereocenters. The Kier molecular flexibility index (Phi) is 4.63. The molecule has 1 aliphatic rings. The molecule has 1 fully saturated rings. The first kappa shape index (κ1) is 16.1. The molecular weight excluding hydrogens is 340 g/mol. The van der Waals surface area contributed by atoms with Crippen LogP contribution in [0.4, 0.5) is 5.82 Å². The molecule has 0 amide bonds. The summed E-state index contributed by atoms with van der Waals surface area (Å²) in [6, 6.07) is 9.62. The van der Waals surface area contributed by atoms with Crippen LogP contribution in [0.2, 0.25) is 5.02 Å². The summed E-state index contributed by atoms with van der Waals surface area (Å²) in [5.74, 6) is 2.23. The first-order valence-corrected chi connectivity index (χ1v) is 8.48. The molecule has 1 aromatic carbocycles. The van der Waals surface area contributed by atoms with Gasteiger partial charge in [0.25, 0.3) is 0 Å². The van der Waals surface area contributed by atoms with E-state index in [2.05, 4.69) is 19.9 Å². The van der Waals surface area contributed by atoms with Crippen LogP contribution in [0.25, 0.3) is 0 Å². The molecule has 2 aromatic heterocycles. The van der Waals surface area contributed by atoms with Gasteiger partial charge >= 0.3 is 0 Å². The maximum Gasteiger partial charge on any atom is 0.225 e. The van der Waals surface area contributed by atoms with E-state index in [0.717, 1.165) is 28.7 Å². The van der Waals surface area contributed by atoms with E-state index in [4.69, 9.17) is 20.8 Å². The molecule has 6 nitrogen and oxygen atoms in total. The summed E-state index contributed by atoms with van der Waals surface area (Å²) in [5, 5.41) is 0.726. The van der Waals surface area contributed by atoms with Gasteiger partial charge in [0.05, 0.1) is 19.3 Å². The van der Waals surface area contributed by atoms with Crippen molar-refractivity contribution in [2.75, 3.05) is 24.6 Å². The topological polar surface area (TPSA) is 64.3 Å². The Morgan fingerprint density at radius 1 is 1.20 bits per heavy atom. The maximum atomic E-state index is 6.21. The highest BCUT2D eigenvalue weighted by atomic mass is 35.5. The number of halogens is 1. The van der Waals surface area contributed by atoms with Gasteiger partial charge in [-0.1, -0.05) is 29.8 Å². The summed E-state index contributed by atoms with van der Waals surface area (Å²) in [5.41, 5.74) is 1.01. The van der Waals surface area contributed by atoms with Crippen molar-refractivity contribution in [2.24, 2.45) is 0 Å². The van der Waals surface area contributed by atoms with Crippen LogP contribution >= 0.6 is 11.6 Å². The molecule has 0 saturated carbocycles. The van der Waals surface area contributed by atoms with Gasteiger partial charge in [0, 0.05) is 24.2 Å². The number of hydrogen-bond donors (Lipinski definition) is 0. The Bertz CT molecular complexity index is 840. The van der Waals surface area contributed by atoms with E-state index >= 15 is 0 Å². The lowest BCUT2D eigenvalue weighted by Gasteiger charge is -2.32. The van der Waals surface area contributed by atoms with Gasteiger partial charge in [-0.3, -0.25) is 0 Å². The fraction of sp³-hybridized carbons (Fsp3) is 0.278. The van der Waals surface area contributed by atoms with Crippen LogP contribution in [0.15, 0.2) is 53.5 Å². The monoisotopic (exact) mass is 356 g/mol. The number of oxazole rings is 1. The lowest BCUT2D eigenvalue weighted by Crippen LogP contribution is -2.38. The first-order valence-electron chi connectivity index (χ1n) is 8.10. The molecule has 128 valence electrons. The number of rotatable bonds is 4. The average molecular weight is 357 g/mol. The van der Waals surface area contributed by atoms with Crippen LogP contribution in [0, 0.1) is 0 Å². The summed E-state index contributed by atoms with van der Waals surface area (Å²) >= 11 is 6.21. The third-order valence-electron chi connectivity index (χ3n) is 4.13. The molecule has 1 aliphatic heterocycles. The van der Waals surface area contributed by atoms with Crippen LogP contribution in [-0.4, -0.2) is 34.6 Å². The van der Waals surface area contributed by atoms with Gasteiger partial charge in [-0.25, -0.2) is 15.0 Å². The molecule has 1 saturated heterocycles. The molecule has 25 heavy (non-hydrogen) atoms. The molecule has 0 N–H and O–H groups in total. The molecule has 3 aromatic rings. The summed E-state index contributed by atoms with van der Waals surface area (Å²) < 4.78 is 11.7. The molecular formula is C18H17ClN4O2. The minimum absolute atomic E-state index is 0.219. The zero-order chi connectivity index (χ0) is 17.1. The van der Waals surface area contributed by atoms with Crippen molar-refractivity contribution >= 4 is 17.4 Å². The van der Waals surface area contributed by atoms with E-state index in [-0.39, 0.29) is 6.10 Å². The predicted octanol–water partition coefficient (Wildman–Crippen LogP) is 3.29. The van der Waals surface area contributed by atoms with Gasteiger partial charge in [0.2, 0.25) is 5.89 Å². The summed E-state index contributed by atoms with van der Waals surface area (Å²) in [6.45, 7) is 2.01. The molecule has 0 radical (unpaired) electrons. The van der Waals surface area contributed by atoms with Gasteiger partial charge in [-0.2, -0.15) is 0 Å². The number of nitrogens with zero attached hydrogens (tertiary/aromatic N) is 4. The molecule has 0 spiro atoms. The van der Waals surface area contributed by atoms with Gasteiger partial charge in [-0.15, -0.1) is 0 Å². The number of aromatic nitrogens is 3. The van der Waals surface area contributed by atoms with E-state index in [9.17, 15) is 0 Å². The van der Waals surface area contributed by atoms with Gasteiger partial charge < -0.3 is 14.1 Å². The van der Waals surface area contributed by atoms with Crippen molar-refractivity contribution in [1.82, 2.24) is 15.0 Å². The van der Waals surface area contributed by atoms with E-state index in [0.29, 0.717) is 25.5 Å². The molecule has 7 heteroatoms. The minimum Gasteiger partial charge on any atom is -0.442 e. The highest BCUT2D eigenvalue weighted by Crippen LogP contribution is 2.26. The Morgan fingerprint density at radius 2 is 2.12 bits per heavy atom. The molecule has 0 unspecified atom stereocenters. The maximum absolute atomic E-state index is 6.21. The summed E-state index contributed by atoms with van der Waals surface area (Å²) in [6.07, 6.45) is 5.41. The Hall–Kier alpha value is -2.44. The predicted molar refractivity (Wildman–Crippen MR) is 93.7 cm³/mol. The largest absolute Gasteiger partial charge is 0.442 e. The number of benzene rings is 1. The summed E-state index contributed by atoms with van der Waals surface area (Å²) in [7, 11) is 0. The van der Waals surface area contributed by atoms with Crippen molar-refractivity contribution in [3.63, 3.8) is 0 Å². The summed E-state index contributed by atoms with van der Waals surface area (Å²) in [4.78, 5) is 14.8. The number of hydrogen-bond acceptors (Lipinski definition) is 6. The first-order chi connectivity index (χ1) is 12.3. The molecule has 3 heterocycles. The van der Waals surface area contributed by atoms with Crippen molar-refractivity contribution in [3.05, 3.63) is 71.3 Å². The minimum atomic E-state index is -0.219. The standard InChI is InChI=1S/C18H17ClN4O2/c19-15-4-2-1-3-13(15)9-14-10-21-18(25-14)16-11-23(7-8-24-16)17-5-6-20-12-22-17/h1-6,10,12,16H,7-9,11H2/t16-/m0/s1. The van der Waals surface area contributed by atoms with E-state index in [1.165, 1.54) is 0 Å². The van der Waals surface area contributed by atoms with Crippen LogP contribution in [-0.2, 0) is 11.2 Å². The fourth-order valence-electron chi connectivity index (χ4n) is 2.86. The van der Waals surface area contributed by atoms with E-state index < -0.39 is 0 Å². The van der Waals surface area contributed by atoms with Crippen molar-refractivity contribution < 1.29 is 9.15 Å². The fourth-order valence-corrected chi connectivity index (χ4v) is 3.06. The van der Waals surface area contributed by atoms with Crippen LogP contribution < -0.4 is 4.90 Å². The average Bonchev–Trinajstić information content (AvgIpc) is 3.13. The highest BCUT2D eigenvalue weighted by molar-refractivity contribution is 6.31. The Morgan fingerprint density at radius 3 is 2.96 bits per heavy atom. The zero-order valence-electron chi connectivity index (χ0n) is 13.5. The second kappa shape index (κ2) is 7.21. The number of morpholine rings is 1. The van der Waals surface area contributed by atoms with E-state index in [1.54, 1.807) is 18.7 Å². The van der Waals surface area contributed by atoms with Gasteiger partial charge in [-0.05, 0) is 17.7 Å². The Labute approximate surface area is 150 Å². The van der Waals surface area contributed by atoms with Crippen molar-refractivity contribution in [1.29, 1.82) is 0 Å². The highest BCUT2D eigenvalue weighted by Gasteiger charge is 2.26.